The molecule has 0 aliphatic carbocycles. The Morgan fingerprint density at radius 3 is 0.364 bits per heavy atom. The summed E-state index contributed by atoms with van der Waals surface area (Å²) in [6.07, 6.45) is 0. The average Bonchev–Trinajstić information content (AvgIpc) is 1.81. The summed E-state index contributed by atoms with van der Waals surface area (Å²) in [5, 5.41) is 0. The van der Waals surface area contributed by atoms with Crippen molar-refractivity contribution in [3.05, 3.63) is 39.5 Å². The molecule has 0 aromatic heterocycles. The van der Waals surface area contributed by atoms with Crippen molar-refractivity contribution in [2.75, 3.05) is 0 Å². The van der Waals surface area contributed by atoms with Gasteiger partial charge in [0.2, 0.25) is 0 Å². The van der Waals surface area contributed by atoms with Crippen molar-refractivity contribution >= 4 is 0 Å². The van der Waals surface area contributed by atoms with E-state index in [0.29, 0.717) is 0 Å². The van der Waals surface area contributed by atoms with Crippen molar-refractivity contribution in [2.24, 2.45) is 0 Å². The van der Waals surface area contributed by atoms with Gasteiger partial charge in [-0.25, -0.2) is 0 Å². The van der Waals surface area contributed by atoms with Crippen LogP contribution in [0.15, 0.2) is 39.5 Å². The molecular weight excluding hydrogens is 162 g/mol. The van der Waals surface area contributed by atoms with Crippen LogP contribution in [0.5, 0.6) is 0 Å². The van der Waals surface area contributed by atoms with Crippen LogP contribution < -0.4 is 6.15 Å². The predicted molar refractivity (Wildman–Crippen MR) is 48.8 cm³/mol. The van der Waals surface area contributed by atoms with Gasteiger partial charge in [-0.1, -0.05) is 0 Å². The standard InChI is InChI=1S/3C2H4.4FH.H3N/c3*1-2;;;;;/h3*1-2H2;4*1H;1H3. The Morgan fingerprint density at radius 1 is 0.364 bits per heavy atom. The summed E-state index contributed by atoms with van der Waals surface area (Å²) >= 11 is 0. The minimum Gasteiger partial charge on any atom is -0.344 e. The largest absolute Gasteiger partial charge is 0.344 e. The minimum absolute atomic E-state index is 0. The molecular formula is C6H19F4N. The van der Waals surface area contributed by atoms with E-state index >= 15 is 0 Å². The van der Waals surface area contributed by atoms with Gasteiger partial charge in [0.05, 0.1) is 0 Å². The second kappa shape index (κ2) is 459. The van der Waals surface area contributed by atoms with Crippen LogP contribution in [0.4, 0.5) is 18.8 Å². The van der Waals surface area contributed by atoms with E-state index in [1.165, 1.54) is 0 Å². The molecule has 3 N–H and O–H groups in total. The molecule has 0 fully saturated rings. The number of hydrogen-bond acceptors (Lipinski definition) is 1. The number of halogens is 4. The third-order valence-corrected chi connectivity index (χ3v) is 0. The van der Waals surface area contributed by atoms with Crippen molar-refractivity contribution in [1.29, 1.82) is 0 Å². The van der Waals surface area contributed by atoms with Gasteiger partial charge in [0.25, 0.3) is 0 Å². The highest BCUT2D eigenvalue weighted by Crippen LogP contribution is 0.866. The molecule has 0 rings (SSSR count). The fourth-order valence-corrected chi connectivity index (χ4v) is 0. The van der Waals surface area contributed by atoms with Gasteiger partial charge in [-0.05, 0) is 0 Å². The van der Waals surface area contributed by atoms with Crippen molar-refractivity contribution in [1.82, 2.24) is 6.15 Å². The molecule has 0 atom stereocenters. The topological polar surface area (TPSA) is 35.0 Å². The highest BCUT2D eigenvalue weighted by Gasteiger charge is 0.605. The predicted octanol–water partition coefficient (Wildman–Crippen LogP) is 3.18. The quantitative estimate of drug-likeness (QED) is 0.452. The average molecular weight is 181 g/mol. The third kappa shape index (κ3) is 350. The molecule has 0 aliphatic rings. The molecule has 76 valence electrons. The lowest BCUT2D eigenvalue weighted by Crippen LogP contribution is -0.552. The summed E-state index contributed by atoms with van der Waals surface area (Å²) in [6.45, 7) is 18.0. The van der Waals surface area contributed by atoms with Crippen LogP contribution in [0.1, 0.15) is 0 Å². The molecule has 0 spiro atoms. The van der Waals surface area contributed by atoms with Gasteiger partial charge in [0.1, 0.15) is 0 Å². The first-order chi connectivity index (χ1) is 3.00. The van der Waals surface area contributed by atoms with Crippen LogP contribution in [0.25, 0.3) is 0 Å². The summed E-state index contributed by atoms with van der Waals surface area (Å²) in [6, 6.07) is 0. The maximum atomic E-state index is 3.00. The van der Waals surface area contributed by atoms with E-state index in [-0.39, 0.29) is 25.0 Å². The van der Waals surface area contributed by atoms with E-state index in [0.717, 1.165) is 0 Å². The Labute approximate surface area is 65.6 Å². The zero-order valence-corrected chi connectivity index (χ0v) is 6.58. The maximum absolute atomic E-state index is 3.00. The zero-order chi connectivity index (χ0) is 6.00. The maximum Gasteiger partial charge on any atom is -0.106 e. The smallest absolute Gasteiger partial charge is 0.106 e. The van der Waals surface area contributed by atoms with E-state index in [1.807, 2.05) is 0 Å². The molecule has 0 saturated carbocycles. The van der Waals surface area contributed by atoms with Crippen molar-refractivity contribution < 1.29 is 18.8 Å². The van der Waals surface area contributed by atoms with Crippen LogP contribution in [0.3, 0.4) is 0 Å². The summed E-state index contributed by atoms with van der Waals surface area (Å²) in [5.41, 5.74) is 0. The van der Waals surface area contributed by atoms with Crippen LogP contribution >= 0.6 is 0 Å². The molecule has 0 unspecified atom stereocenters. The fraction of sp³-hybridized carbons (Fsp3) is 0. The molecule has 0 aliphatic heterocycles. The first kappa shape index (κ1) is 217. The van der Waals surface area contributed by atoms with E-state index in [9.17, 15) is 0 Å². The van der Waals surface area contributed by atoms with Gasteiger partial charge < -0.3 is 6.15 Å². The minimum atomic E-state index is 0. The van der Waals surface area contributed by atoms with Crippen LogP contribution in [-0.4, -0.2) is 0 Å². The van der Waals surface area contributed by atoms with Gasteiger partial charge >= 0.3 is 0 Å². The molecule has 0 aromatic rings. The molecule has 5 heteroatoms. The molecule has 11 heavy (non-hydrogen) atoms. The molecule has 0 bridgehead atoms. The number of hydrogen-bond donors (Lipinski definition) is 1. The Bertz CT molecular complexity index is 19.3. The molecule has 0 radical (unpaired) electrons. The SMILES string of the molecule is C=C.C=C.C=C.F.F.F.F.N. The highest BCUT2D eigenvalue weighted by atomic mass is 19.0. The van der Waals surface area contributed by atoms with Gasteiger partial charge in [0, 0.05) is 0 Å². The summed E-state index contributed by atoms with van der Waals surface area (Å²) in [4.78, 5) is 0. The molecule has 0 amide bonds. The summed E-state index contributed by atoms with van der Waals surface area (Å²) in [5.74, 6) is 0. The van der Waals surface area contributed by atoms with Crippen molar-refractivity contribution in [2.45, 2.75) is 0 Å². The normalized spacial score (nSPS) is 1.09. The van der Waals surface area contributed by atoms with E-state index < -0.39 is 0 Å². The zero-order valence-electron chi connectivity index (χ0n) is 6.58. The van der Waals surface area contributed by atoms with Gasteiger partial charge in [-0.2, -0.15) is 0 Å². The lowest BCUT2D eigenvalue weighted by atomic mass is 11.3. The first-order valence-corrected chi connectivity index (χ1v) is 1.50. The van der Waals surface area contributed by atoms with E-state index in [4.69, 9.17) is 0 Å². The summed E-state index contributed by atoms with van der Waals surface area (Å²) in [7, 11) is 0. The van der Waals surface area contributed by atoms with Crippen LogP contribution in [0, 0.1) is 0 Å². The lowest BCUT2D eigenvalue weighted by molar-refractivity contribution is 1.11. The Balaban J connectivity index is -0.00000000167. The van der Waals surface area contributed by atoms with Gasteiger partial charge in [0.15, 0.2) is 0 Å². The number of rotatable bonds is 0. The monoisotopic (exact) mass is 181 g/mol. The molecule has 0 heterocycles. The van der Waals surface area contributed by atoms with Gasteiger partial charge in [-0.15, -0.1) is 39.5 Å². The second-order valence-corrected chi connectivity index (χ2v) is 0. The Hall–Kier alpha value is -1.10. The van der Waals surface area contributed by atoms with Crippen LogP contribution in [-0.2, 0) is 0 Å². The van der Waals surface area contributed by atoms with Crippen molar-refractivity contribution in [3.8, 4) is 0 Å². The molecule has 1 nitrogen and oxygen atoms in total. The second-order valence-electron chi connectivity index (χ2n) is 0. The fourth-order valence-electron chi connectivity index (χ4n) is 0. The van der Waals surface area contributed by atoms with Crippen LogP contribution in [0.2, 0.25) is 0 Å². The molecule has 0 aromatic carbocycles. The van der Waals surface area contributed by atoms with E-state index in [2.05, 4.69) is 39.5 Å². The molecule has 0 saturated heterocycles. The first-order valence-electron chi connectivity index (χ1n) is 1.50. The highest BCUT2D eigenvalue weighted by molar-refractivity contribution is 4.22. The summed E-state index contributed by atoms with van der Waals surface area (Å²) < 4.78 is 0. The Kier molecular flexibility index (Phi) is 9070. The lowest BCUT2D eigenvalue weighted by Gasteiger charge is -0.813. The van der Waals surface area contributed by atoms with Crippen molar-refractivity contribution in [3.63, 3.8) is 0 Å². The third-order valence-electron chi connectivity index (χ3n) is 0. The van der Waals surface area contributed by atoms with E-state index in [1.54, 1.807) is 0 Å². The Morgan fingerprint density at radius 2 is 0.364 bits per heavy atom. The van der Waals surface area contributed by atoms with Gasteiger partial charge in [-0.3, -0.25) is 18.8 Å².